The van der Waals surface area contributed by atoms with Crippen molar-refractivity contribution in [3.63, 3.8) is 0 Å². The highest BCUT2D eigenvalue weighted by Gasteiger charge is 2.24. The molecule has 2 aromatic rings. The minimum Gasteiger partial charge on any atom is -0.356 e. The van der Waals surface area contributed by atoms with Gasteiger partial charge in [-0.05, 0) is 32.8 Å². The Balaban J connectivity index is 1.80. The fraction of sp³-hybridized carbons (Fsp3) is 0.467. The average Bonchev–Trinajstić information content (AvgIpc) is 2.47. The summed E-state index contributed by atoms with van der Waals surface area (Å²) in [5, 5.41) is 0. The summed E-state index contributed by atoms with van der Waals surface area (Å²) in [6.07, 6.45) is 5.78. The summed E-state index contributed by atoms with van der Waals surface area (Å²) in [6, 6.07) is 3.98. The lowest BCUT2D eigenvalue weighted by Crippen LogP contribution is -2.35. The zero-order chi connectivity index (χ0) is 13.9. The maximum Gasteiger partial charge on any atom is 0.133 e. The minimum atomic E-state index is 0.388. The first-order valence-electron chi connectivity index (χ1n) is 7.05. The van der Waals surface area contributed by atoms with E-state index in [0.717, 1.165) is 49.0 Å². The normalized spacial score (nSPS) is 19.1. The maximum atomic E-state index is 4.57. The highest BCUT2D eigenvalue weighted by molar-refractivity contribution is 5.39. The number of aryl methyl sites for hydroxylation is 2. The summed E-state index contributed by atoms with van der Waals surface area (Å²) in [5.41, 5.74) is 2.04. The van der Waals surface area contributed by atoms with Gasteiger partial charge in [0.2, 0.25) is 0 Å². The standard InChI is InChI=1S/C15H19N5/c1-11-5-6-16-15(19-11)13-4-3-7-20(9-13)14-8-12(2)17-10-18-14/h5-6,8,10,13H,3-4,7,9H2,1-2H3. The molecule has 0 radical (unpaired) electrons. The molecule has 1 aliphatic heterocycles. The van der Waals surface area contributed by atoms with E-state index in [2.05, 4.69) is 24.8 Å². The van der Waals surface area contributed by atoms with Gasteiger partial charge < -0.3 is 4.90 Å². The lowest BCUT2D eigenvalue weighted by atomic mass is 9.97. The quantitative estimate of drug-likeness (QED) is 0.837. The minimum absolute atomic E-state index is 0.388. The van der Waals surface area contributed by atoms with E-state index in [-0.39, 0.29) is 0 Å². The van der Waals surface area contributed by atoms with Gasteiger partial charge in [0.25, 0.3) is 0 Å². The lowest BCUT2D eigenvalue weighted by molar-refractivity contribution is 0.487. The molecule has 0 bridgehead atoms. The van der Waals surface area contributed by atoms with Gasteiger partial charge in [0.1, 0.15) is 18.0 Å². The number of hydrogen-bond donors (Lipinski definition) is 0. The third-order valence-corrected chi connectivity index (χ3v) is 3.71. The van der Waals surface area contributed by atoms with E-state index in [1.165, 1.54) is 0 Å². The molecular formula is C15H19N5. The molecule has 1 aliphatic rings. The van der Waals surface area contributed by atoms with Crippen molar-refractivity contribution in [3.8, 4) is 0 Å². The van der Waals surface area contributed by atoms with E-state index in [0.29, 0.717) is 5.92 Å². The monoisotopic (exact) mass is 269 g/mol. The summed E-state index contributed by atoms with van der Waals surface area (Å²) in [5.74, 6) is 2.36. The summed E-state index contributed by atoms with van der Waals surface area (Å²) in [7, 11) is 0. The molecule has 1 saturated heterocycles. The molecule has 1 unspecified atom stereocenters. The van der Waals surface area contributed by atoms with Crippen molar-refractivity contribution >= 4 is 5.82 Å². The predicted octanol–water partition coefficient (Wildman–Crippen LogP) is 2.27. The molecular weight excluding hydrogens is 250 g/mol. The van der Waals surface area contributed by atoms with Crippen LogP contribution in [0.15, 0.2) is 24.7 Å². The van der Waals surface area contributed by atoms with Crippen molar-refractivity contribution in [2.45, 2.75) is 32.6 Å². The topological polar surface area (TPSA) is 54.8 Å². The Morgan fingerprint density at radius 1 is 1.15 bits per heavy atom. The molecule has 2 aromatic heterocycles. The summed E-state index contributed by atoms with van der Waals surface area (Å²) in [4.78, 5) is 19.9. The third-order valence-electron chi connectivity index (χ3n) is 3.71. The Morgan fingerprint density at radius 3 is 2.85 bits per heavy atom. The number of nitrogens with zero attached hydrogens (tertiary/aromatic N) is 5. The Bertz CT molecular complexity index is 547. The van der Waals surface area contributed by atoms with Crippen LogP contribution >= 0.6 is 0 Å². The molecule has 0 N–H and O–H groups in total. The van der Waals surface area contributed by atoms with Gasteiger partial charge in [0.15, 0.2) is 0 Å². The second kappa shape index (κ2) is 5.53. The van der Waals surface area contributed by atoms with Gasteiger partial charge >= 0.3 is 0 Å². The molecule has 5 heteroatoms. The number of rotatable bonds is 2. The van der Waals surface area contributed by atoms with Crippen molar-refractivity contribution in [3.05, 3.63) is 41.9 Å². The Labute approximate surface area is 119 Å². The van der Waals surface area contributed by atoms with Crippen LogP contribution in [0.25, 0.3) is 0 Å². The number of aromatic nitrogens is 4. The molecule has 20 heavy (non-hydrogen) atoms. The Hall–Kier alpha value is -2.04. The van der Waals surface area contributed by atoms with Crippen LogP contribution < -0.4 is 4.90 Å². The van der Waals surface area contributed by atoms with Crippen LogP contribution in [0.2, 0.25) is 0 Å². The Morgan fingerprint density at radius 2 is 2.05 bits per heavy atom. The molecule has 0 spiro atoms. The van der Waals surface area contributed by atoms with Crippen LogP contribution in [0.1, 0.15) is 36.0 Å². The van der Waals surface area contributed by atoms with Gasteiger partial charge in [-0.15, -0.1) is 0 Å². The highest BCUT2D eigenvalue weighted by atomic mass is 15.2. The molecule has 0 amide bonds. The number of anilines is 1. The van der Waals surface area contributed by atoms with Crippen LogP contribution in [0.3, 0.4) is 0 Å². The fourth-order valence-electron chi connectivity index (χ4n) is 2.67. The van der Waals surface area contributed by atoms with E-state index in [1.807, 2.05) is 32.2 Å². The van der Waals surface area contributed by atoms with Crippen molar-refractivity contribution in [1.29, 1.82) is 0 Å². The van der Waals surface area contributed by atoms with Gasteiger partial charge in [-0.2, -0.15) is 0 Å². The molecule has 1 fully saturated rings. The van der Waals surface area contributed by atoms with Crippen molar-refractivity contribution in [2.24, 2.45) is 0 Å². The molecule has 0 aliphatic carbocycles. The largest absolute Gasteiger partial charge is 0.356 e. The van der Waals surface area contributed by atoms with Gasteiger partial charge in [0.05, 0.1) is 0 Å². The molecule has 104 valence electrons. The first-order chi connectivity index (χ1) is 9.72. The van der Waals surface area contributed by atoms with Crippen LogP contribution in [0.5, 0.6) is 0 Å². The molecule has 1 atom stereocenters. The van der Waals surface area contributed by atoms with E-state index >= 15 is 0 Å². The summed E-state index contributed by atoms with van der Waals surface area (Å²) in [6.45, 7) is 5.98. The van der Waals surface area contributed by atoms with Gasteiger partial charge in [0, 0.05) is 42.7 Å². The molecule has 3 rings (SSSR count). The summed E-state index contributed by atoms with van der Waals surface area (Å²) >= 11 is 0. The van der Waals surface area contributed by atoms with Crippen molar-refractivity contribution in [2.75, 3.05) is 18.0 Å². The van der Waals surface area contributed by atoms with Crippen LogP contribution in [-0.2, 0) is 0 Å². The predicted molar refractivity (Wildman–Crippen MR) is 77.7 cm³/mol. The van der Waals surface area contributed by atoms with Gasteiger partial charge in [-0.3, -0.25) is 0 Å². The van der Waals surface area contributed by atoms with E-state index in [4.69, 9.17) is 0 Å². The highest BCUT2D eigenvalue weighted by Crippen LogP contribution is 2.27. The average molecular weight is 269 g/mol. The van der Waals surface area contributed by atoms with E-state index in [9.17, 15) is 0 Å². The van der Waals surface area contributed by atoms with Crippen molar-refractivity contribution in [1.82, 2.24) is 19.9 Å². The fourth-order valence-corrected chi connectivity index (χ4v) is 2.67. The molecule has 3 heterocycles. The Kier molecular flexibility index (Phi) is 3.58. The van der Waals surface area contributed by atoms with Crippen LogP contribution in [-0.4, -0.2) is 33.0 Å². The molecule has 0 saturated carbocycles. The zero-order valence-electron chi connectivity index (χ0n) is 12.0. The van der Waals surface area contributed by atoms with Crippen LogP contribution in [0.4, 0.5) is 5.82 Å². The first kappa shape index (κ1) is 13.0. The van der Waals surface area contributed by atoms with Gasteiger partial charge in [-0.1, -0.05) is 0 Å². The molecule has 0 aromatic carbocycles. The first-order valence-corrected chi connectivity index (χ1v) is 7.05. The SMILES string of the molecule is Cc1cc(N2CCCC(c3nccc(C)n3)C2)ncn1. The zero-order valence-corrected chi connectivity index (χ0v) is 12.0. The van der Waals surface area contributed by atoms with Gasteiger partial charge in [-0.25, -0.2) is 19.9 Å². The summed E-state index contributed by atoms with van der Waals surface area (Å²) < 4.78 is 0. The third kappa shape index (κ3) is 2.76. The van der Waals surface area contributed by atoms with Crippen molar-refractivity contribution < 1.29 is 0 Å². The number of piperidine rings is 1. The second-order valence-corrected chi connectivity index (χ2v) is 5.36. The number of hydrogen-bond acceptors (Lipinski definition) is 5. The smallest absolute Gasteiger partial charge is 0.133 e. The van der Waals surface area contributed by atoms with E-state index < -0.39 is 0 Å². The molecule has 5 nitrogen and oxygen atoms in total. The van der Waals surface area contributed by atoms with E-state index in [1.54, 1.807) is 6.33 Å². The lowest BCUT2D eigenvalue weighted by Gasteiger charge is -2.32. The maximum absolute atomic E-state index is 4.57. The van der Waals surface area contributed by atoms with Crippen LogP contribution in [0, 0.1) is 13.8 Å². The second-order valence-electron chi connectivity index (χ2n) is 5.36.